The molecule has 0 bridgehead atoms. The van der Waals surface area contributed by atoms with E-state index < -0.39 is 28.2 Å². The van der Waals surface area contributed by atoms with Crippen LogP contribution in [0.2, 0.25) is 0 Å². The molecule has 1 rings (SSSR count). The van der Waals surface area contributed by atoms with Gasteiger partial charge in [0.25, 0.3) is 5.69 Å². The smallest absolute Gasteiger partial charge is 0.323 e. The molecule has 0 aromatic heterocycles. The number of non-ortho nitro benzene ring substituents is 1. The zero-order valence-electron chi connectivity index (χ0n) is 15.6. The summed E-state index contributed by atoms with van der Waals surface area (Å²) < 4.78 is 10.0. The Hall–Kier alpha value is -2.97. The van der Waals surface area contributed by atoms with E-state index in [-0.39, 0.29) is 38.2 Å². The summed E-state index contributed by atoms with van der Waals surface area (Å²) in [6, 6.07) is 5.34. The van der Waals surface area contributed by atoms with Gasteiger partial charge in [-0.1, -0.05) is 6.92 Å². The van der Waals surface area contributed by atoms with Crippen LogP contribution < -0.4 is 5.32 Å². The summed E-state index contributed by atoms with van der Waals surface area (Å²) in [6.07, 6.45) is -0.0576. The molecule has 27 heavy (non-hydrogen) atoms. The molecule has 0 aliphatic rings. The number of nitrogens with zero attached hydrogens (tertiary/aromatic N) is 1. The van der Waals surface area contributed by atoms with Crippen molar-refractivity contribution in [2.45, 2.75) is 40.0 Å². The molecule has 0 radical (unpaired) electrons. The van der Waals surface area contributed by atoms with Crippen LogP contribution in [0.4, 0.5) is 11.4 Å². The van der Waals surface area contributed by atoms with Crippen molar-refractivity contribution < 1.29 is 28.8 Å². The average molecular weight is 380 g/mol. The maximum Gasteiger partial charge on any atom is 0.323 e. The summed E-state index contributed by atoms with van der Waals surface area (Å²) in [4.78, 5) is 47.0. The van der Waals surface area contributed by atoms with Gasteiger partial charge in [0.2, 0.25) is 5.91 Å². The number of carbonyl (C=O) groups is 3. The van der Waals surface area contributed by atoms with Gasteiger partial charge in [-0.15, -0.1) is 0 Å². The lowest BCUT2D eigenvalue weighted by atomic mass is 9.80. The molecule has 9 heteroatoms. The number of anilines is 1. The van der Waals surface area contributed by atoms with Gasteiger partial charge in [-0.3, -0.25) is 24.5 Å². The predicted molar refractivity (Wildman–Crippen MR) is 97.0 cm³/mol. The quantitative estimate of drug-likeness (QED) is 0.286. The summed E-state index contributed by atoms with van der Waals surface area (Å²) in [6.45, 7) is 5.13. The minimum Gasteiger partial charge on any atom is -0.465 e. The van der Waals surface area contributed by atoms with E-state index in [1.807, 2.05) is 0 Å². The number of carbonyl (C=O) groups excluding carboxylic acids is 3. The fourth-order valence-electron chi connectivity index (χ4n) is 2.51. The highest BCUT2D eigenvalue weighted by molar-refractivity contribution is 6.01. The second kappa shape index (κ2) is 10.2. The van der Waals surface area contributed by atoms with Crippen LogP contribution in [-0.2, 0) is 23.9 Å². The highest BCUT2D eigenvalue weighted by Gasteiger charge is 2.47. The Bertz CT molecular complexity index is 667. The van der Waals surface area contributed by atoms with Crippen LogP contribution in [0, 0.1) is 15.5 Å². The van der Waals surface area contributed by atoms with Gasteiger partial charge in [0.1, 0.15) is 0 Å². The number of benzene rings is 1. The zero-order valence-corrected chi connectivity index (χ0v) is 15.6. The third-order valence-corrected chi connectivity index (χ3v) is 4.08. The van der Waals surface area contributed by atoms with Crippen LogP contribution in [0.25, 0.3) is 0 Å². The first-order chi connectivity index (χ1) is 12.8. The second-order valence-corrected chi connectivity index (χ2v) is 5.73. The molecule has 1 N–H and O–H groups in total. The third-order valence-electron chi connectivity index (χ3n) is 4.08. The molecule has 148 valence electrons. The molecule has 1 aromatic rings. The van der Waals surface area contributed by atoms with Crippen molar-refractivity contribution in [3.8, 4) is 0 Å². The molecule has 1 amide bonds. The Morgan fingerprint density at radius 3 is 1.96 bits per heavy atom. The van der Waals surface area contributed by atoms with Crippen LogP contribution in [0.3, 0.4) is 0 Å². The standard InChI is InChI=1S/C18H24N2O7/c1-4-18(16(22)26-5-2,17(23)27-6-3)12-11-15(21)19-13-7-9-14(10-8-13)20(24)25/h7-10H,4-6,11-12H2,1-3H3,(H,19,21). The summed E-state index contributed by atoms with van der Waals surface area (Å²) >= 11 is 0. The van der Waals surface area contributed by atoms with Crippen molar-refractivity contribution >= 4 is 29.2 Å². The van der Waals surface area contributed by atoms with Crippen molar-refractivity contribution in [2.24, 2.45) is 5.41 Å². The molecule has 0 saturated heterocycles. The number of ether oxygens (including phenoxy) is 2. The van der Waals surface area contributed by atoms with Crippen molar-refractivity contribution in [3.63, 3.8) is 0 Å². The molecule has 0 heterocycles. The highest BCUT2D eigenvalue weighted by Crippen LogP contribution is 2.32. The summed E-state index contributed by atoms with van der Waals surface area (Å²) in [5.74, 6) is -1.86. The maximum absolute atomic E-state index is 12.4. The number of hydrogen-bond donors (Lipinski definition) is 1. The molecular weight excluding hydrogens is 356 g/mol. The number of nitro groups is 1. The van der Waals surface area contributed by atoms with Crippen molar-refractivity contribution in [3.05, 3.63) is 34.4 Å². The van der Waals surface area contributed by atoms with E-state index in [4.69, 9.17) is 9.47 Å². The Kier molecular flexibility index (Phi) is 8.37. The van der Waals surface area contributed by atoms with E-state index in [1.165, 1.54) is 24.3 Å². The summed E-state index contributed by atoms with van der Waals surface area (Å²) in [7, 11) is 0. The van der Waals surface area contributed by atoms with Gasteiger partial charge in [0, 0.05) is 24.2 Å². The largest absolute Gasteiger partial charge is 0.465 e. The van der Waals surface area contributed by atoms with Gasteiger partial charge >= 0.3 is 11.9 Å². The molecule has 0 aliphatic carbocycles. The monoisotopic (exact) mass is 380 g/mol. The van der Waals surface area contributed by atoms with Gasteiger partial charge in [0.05, 0.1) is 18.1 Å². The van der Waals surface area contributed by atoms with E-state index in [9.17, 15) is 24.5 Å². The number of hydrogen-bond acceptors (Lipinski definition) is 7. The molecular formula is C18H24N2O7. The minimum absolute atomic E-state index is 0.0695. The number of nitro benzene ring substituents is 1. The van der Waals surface area contributed by atoms with Crippen LogP contribution in [0.5, 0.6) is 0 Å². The third kappa shape index (κ3) is 5.77. The van der Waals surface area contributed by atoms with Crippen LogP contribution in [-0.4, -0.2) is 36.0 Å². The van der Waals surface area contributed by atoms with Gasteiger partial charge < -0.3 is 14.8 Å². The first kappa shape index (κ1) is 22.1. The lowest BCUT2D eigenvalue weighted by Crippen LogP contribution is -2.42. The lowest BCUT2D eigenvalue weighted by molar-refractivity contribution is -0.384. The SMILES string of the molecule is CCOC(=O)C(CC)(CCC(=O)Nc1ccc([N+](=O)[O-])cc1)C(=O)OCC. The predicted octanol–water partition coefficient (Wildman–Crippen LogP) is 2.84. The Balaban J connectivity index is 2.83. The molecule has 0 aliphatic heterocycles. The fourth-order valence-corrected chi connectivity index (χ4v) is 2.51. The average Bonchev–Trinajstić information content (AvgIpc) is 2.63. The molecule has 0 atom stereocenters. The Morgan fingerprint density at radius 2 is 1.56 bits per heavy atom. The van der Waals surface area contributed by atoms with Gasteiger partial charge in [-0.25, -0.2) is 0 Å². The normalized spacial score (nSPS) is 10.8. The Labute approximate surface area is 157 Å². The first-order valence-corrected chi connectivity index (χ1v) is 8.69. The fraction of sp³-hybridized carbons (Fsp3) is 0.500. The van der Waals surface area contributed by atoms with Gasteiger partial charge in [0.15, 0.2) is 5.41 Å². The number of rotatable bonds is 10. The topological polar surface area (TPSA) is 125 Å². The highest BCUT2D eigenvalue weighted by atomic mass is 16.6. The van der Waals surface area contributed by atoms with E-state index >= 15 is 0 Å². The Morgan fingerprint density at radius 1 is 1.04 bits per heavy atom. The van der Waals surface area contributed by atoms with E-state index in [2.05, 4.69) is 5.32 Å². The molecule has 0 fully saturated rings. The molecule has 9 nitrogen and oxygen atoms in total. The minimum atomic E-state index is -1.54. The van der Waals surface area contributed by atoms with E-state index in [1.54, 1.807) is 20.8 Å². The first-order valence-electron chi connectivity index (χ1n) is 8.69. The van der Waals surface area contributed by atoms with Gasteiger partial charge in [-0.05, 0) is 38.8 Å². The number of nitrogens with one attached hydrogen (secondary N) is 1. The molecule has 1 aromatic carbocycles. The van der Waals surface area contributed by atoms with Crippen LogP contribution in [0.1, 0.15) is 40.0 Å². The number of esters is 2. The van der Waals surface area contributed by atoms with Crippen molar-refractivity contribution in [1.29, 1.82) is 0 Å². The number of amides is 1. The molecule has 0 saturated carbocycles. The maximum atomic E-state index is 12.4. The van der Waals surface area contributed by atoms with Crippen molar-refractivity contribution in [1.82, 2.24) is 0 Å². The molecule has 0 unspecified atom stereocenters. The van der Waals surface area contributed by atoms with E-state index in [0.29, 0.717) is 5.69 Å². The lowest BCUT2D eigenvalue weighted by Gasteiger charge is -2.27. The summed E-state index contributed by atoms with van der Waals surface area (Å²) in [5, 5.41) is 13.2. The summed E-state index contributed by atoms with van der Waals surface area (Å²) in [5.41, 5.74) is -1.26. The van der Waals surface area contributed by atoms with Gasteiger partial charge in [-0.2, -0.15) is 0 Å². The van der Waals surface area contributed by atoms with E-state index in [0.717, 1.165) is 0 Å². The van der Waals surface area contributed by atoms with Crippen LogP contribution in [0.15, 0.2) is 24.3 Å². The zero-order chi connectivity index (χ0) is 20.4. The second-order valence-electron chi connectivity index (χ2n) is 5.73. The van der Waals surface area contributed by atoms with Crippen molar-refractivity contribution in [2.75, 3.05) is 18.5 Å². The molecule has 0 spiro atoms. The van der Waals surface area contributed by atoms with Crippen LogP contribution >= 0.6 is 0 Å².